The molecule has 1 unspecified atom stereocenters. The molecule has 0 aliphatic carbocycles. The number of rotatable bonds is 7. The molecule has 26 heavy (non-hydrogen) atoms. The third-order valence-electron chi connectivity index (χ3n) is 4.46. The number of Topliss-reactive ketones (excluding diaryl/α,β-unsaturated/α-hetero) is 1. The highest BCUT2D eigenvalue weighted by atomic mass is 16.5. The van der Waals surface area contributed by atoms with Gasteiger partial charge in [0.15, 0.2) is 11.5 Å². The Hall–Kier alpha value is -3.02. The van der Waals surface area contributed by atoms with E-state index in [1.54, 1.807) is 31.4 Å². The van der Waals surface area contributed by atoms with Gasteiger partial charge >= 0.3 is 0 Å². The molecule has 2 aromatic rings. The molecule has 0 fully saturated rings. The number of unbranched alkanes of at least 4 members (excludes halogenated alkanes) is 1. The number of ketones is 1. The van der Waals surface area contributed by atoms with E-state index in [1.807, 2.05) is 13.0 Å². The first kappa shape index (κ1) is 17.8. The lowest BCUT2D eigenvalue weighted by molar-refractivity contribution is -0.129. The first-order valence-corrected chi connectivity index (χ1v) is 8.54. The van der Waals surface area contributed by atoms with E-state index < -0.39 is 23.5 Å². The largest absolute Gasteiger partial charge is 0.503 e. The molecule has 0 radical (unpaired) electrons. The minimum atomic E-state index is -0.679. The molecular formula is C20H21NO5. The molecule has 1 aliphatic rings. The molecule has 1 aromatic heterocycles. The number of furan rings is 1. The highest BCUT2D eigenvalue weighted by Gasteiger charge is 2.44. The molecule has 1 N–H and O–H groups in total. The van der Waals surface area contributed by atoms with Crippen LogP contribution in [0.3, 0.4) is 0 Å². The van der Waals surface area contributed by atoms with Gasteiger partial charge in [-0.05, 0) is 36.2 Å². The van der Waals surface area contributed by atoms with Crippen LogP contribution in [0.1, 0.15) is 41.9 Å². The maximum Gasteiger partial charge on any atom is 0.290 e. The van der Waals surface area contributed by atoms with Gasteiger partial charge in [-0.2, -0.15) is 0 Å². The number of amides is 1. The molecule has 136 valence electrons. The average Bonchev–Trinajstić information content (AvgIpc) is 3.28. The van der Waals surface area contributed by atoms with Crippen LogP contribution in [0.25, 0.3) is 0 Å². The van der Waals surface area contributed by atoms with E-state index in [-0.39, 0.29) is 11.3 Å². The fourth-order valence-corrected chi connectivity index (χ4v) is 3.14. The minimum Gasteiger partial charge on any atom is -0.503 e. The summed E-state index contributed by atoms with van der Waals surface area (Å²) in [5.41, 5.74) is 0.738. The summed E-state index contributed by atoms with van der Waals surface area (Å²) in [5.74, 6) is -0.852. The van der Waals surface area contributed by atoms with Gasteiger partial charge in [-0.1, -0.05) is 25.5 Å². The van der Waals surface area contributed by atoms with Crippen LogP contribution in [0.5, 0.6) is 5.75 Å². The molecule has 0 spiro atoms. The second kappa shape index (κ2) is 7.47. The molecule has 6 nitrogen and oxygen atoms in total. The van der Waals surface area contributed by atoms with Crippen molar-refractivity contribution in [2.75, 3.05) is 13.7 Å². The monoisotopic (exact) mass is 355 g/mol. The van der Waals surface area contributed by atoms with Crippen LogP contribution >= 0.6 is 0 Å². The van der Waals surface area contributed by atoms with E-state index in [1.165, 1.54) is 17.2 Å². The summed E-state index contributed by atoms with van der Waals surface area (Å²) in [4.78, 5) is 27.1. The molecule has 0 saturated carbocycles. The van der Waals surface area contributed by atoms with E-state index in [9.17, 15) is 14.7 Å². The zero-order valence-corrected chi connectivity index (χ0v) is 14.8. The van der Waals surface area contributed by atoms with Crippen LogP contribution in [0.15, 0.2) is 58.4 Å². The molecule has 1 aliphatic heterocycles. The maximum absolute atomic E-state index is 12.9. The van der Waals surface area contributed by atoms with E-state index >= 15 is 0 Å². The van der Waals surface area contributed by atoms with Crippen molar-refractivity contribution >= 4 is 11.7 Å². The predicted molar refractivity (Wildman–Crippen MR) is 95.0 cm³/mol. The number of aliphatic hydroxyl groups excluding tert-OH is 1. The fraction of sp³-hybridized carbons (Fsp3) is 0.300. The normalized spacial score (nSPS) is 17.1. The smallest absolute Gasteiger partial charge is 0.290 e. The van der Waals surface area contributed by atoms with E-state index in [2.05, 4.69) is 0 Å². The number of methoxy groups -OCH3 is 1. The molecule has 0 saturated heterocycles. The average molecular weight is 355 g/mol. The van der Waals surface area contributed by atoms with Crippen molar-refractivity contribution in [1.29, 1.82) is 0 Å². The van der Waals surface area contributed by atoms with Gasteiger partial charge in [0, 0.05) is 6.54 Å². The Morgan fingerprint density at radius 3 is 2.77 bits per heavy atom. The third-order valence-corrected chi connectivity index (χ3v) is 4.46. The van der Waals surface area contributed by atoms with Crippen molar-refractivity contribution < 1.29 is 23.8 Å². The summed E-state index contributed by atoms with van der Waals surface area (Å²) in [6, 6.07) is 9.59. The topological polar surface area (TPSA) is 80.0 Å². The van der Waals surface area contributed by atoms with Crippen LogP contribution in [0.4, 0.5) is 0 Å². The van der Waals surface area contributed by atoms with Crippen molar-refractivity contribution in [2.45, 2.75) is 25.8 Å². The van der Waals surface area contributed by atoms with Crippen molar-refractivity contribution in [3.05, 3.63) is 65.3 Å². The van der Waals surface area contributed by atoms with Crippen LogP contribution in [0, 0.1) is 0 Å². The molecule has 6 heteroatoms. The Balaban J connectivity index is 2.08. The summed E-state index contributed by atoms with van der Waals surface area (Å²) in [6.45, 7) is 2.46. The lowest BCUT2D eigenvalue weighted by Crippen LogP contribution is -2.32. The van der Waals surface area contributed by atoms with E-state index in [4.69, 9.17) is 9.15 Å². The van der Waals surface area contributed by atoms with Crippen LogP contribution in [-0.2, 0) is 4.79 Å². The van der Waals surface area contributed by atoms with E-state index in [0.717, 1.165) is 12.8 Å². The molecule has 0 bridgehead atoms. The van der Waals surface area contributed by atoms with Crippen molar-refractivity contribution in [3.8, 4) is 5.75 Å². The quantitative estimate of drug-likeness (QED) is 0.767. The zero-order chi connectivity index (χ0) is 18.7. The van der Waals surface area contributed by atoms with Crippen LogP contribution in [-0.4, -0.2) is 35.4 Å². The first-order chi connectivity index (χ1) is 12.6. The molecule has 2 heterocycles. The summed E-state index contributed by atoms with van der Waals surface area (Å²) in [6.07, 6.45) is 3.04. The molecule has 1 aromatic carbocycles. The predicted octanol–water partition coefficient (Wildman–Crippen LogP) is 3.67. The Morgan fingerprint density at radius 1 is 1.31 bits per heavy atom. The van der Waals surface area contributed by atoms with Gasteiger partial charge < -0.3 is 19.2 Å². The Kier molecular flexibility index (Phi) is 5.11. The Morgan fingerprint density at radius 2 is 2.12 bits per heavy atom. The van der Waals surface area contributed by atoms with Gasteiger partial charge in [0.05, 0.1) is 25.0 Å². The Labute approximate surface area is 151 Å². The number of nitrogens with zero attached hydrogens (tertiary/aromatic N) is 1. The zero-order valence-electron chi connectivity index (χ0n) is 14.8. The standard InChI is InChI=1S/C20H21NO5/c1-3-4-10-21-17(13-7-5-8-14(12-13)25-2)16(19(23)20(21)24)18(22)15-9-6-11-26-15/h5-9,11-12,17,23H,3-4,10H2,1-2H3. The second-order valence-corrected chi connectivity index (χ2v) is 6.10. The maximum atomic E-state index is 12.9. The number of benzene rings is 1. The summed E-state index contributed by atoms with van der Waals surface area (Å²) in [7, 11) is 1.55. The molecule has 1 atom stereocenters. The van der Waals surface area contributed by atoms with Crippen molar-refractivity contribution in [3.63, 3.8) is 0 Å². The summed E-state index contributed by atoms with van der Waals surface area (Å²) < 4.78 is 10.5. The number of carbonyl (C=O) groups excluding carboxylic acids is 2. The van der Waals surface area contributed by atoms with Crippen LogP contribution in [0.2, 0.25) is 0 Å². The molecule has 1 amide bonds. The highest BCUT2D eigenvalue weighted by Crippen LogP contribution is 2.40. The number of hydrogen-bond donors (Lipinski definition) is 1. The lowest BCUT2D eigenvalue weighted by Gasteiger charge is -2.26. The number of hydrogen-bond acceptors (Lipinski definition) is 5. The van der Waals surface area contributed by atoms with Gasteiger partial charge in [-0.3, -0.25) is 9.59 Å². The minimum absolute atomic E-state index is 0.0364. The van der Waals surface area contributed by atoms with Gasteiger partial charge in [0.25, 0.3) is 5.91 Å². The summed E-state index contributed by atoms with van der Waals surface area (Å²) in [5, 5.41) is 10.4. The van der Waals surface area contributed by atoms with Crippen LogP contribution < -0.4 is 4.74 Å². The number of carbonyl (C=O) groups is 2. The number of ether oxygens (including phenoxy) is 1. The first-order valence-electron chi connectivity index (χ1n) is 8.54. The number of aliphatic hydroxyl groups is 1. The van der Waals surface area contributed by atoms with Gasteiger partial charge in [0.2, 0.25) is 5.78 Å². The SMILES string of the molecule is CCCCN1C(=O)C(O)=C(C(=O)c2ccco2)C1c1cccc(OC)c1. The molecule has 3 rings (SSSR count). The second-order valence-electron chi connectivity index (χ2n) is 6.10. The third kappa shape index (κ3) is 3.10. The van der Waals surface area contributed by atoms with Gasteiger partial charge in [0.1, 0.15) is 5.75 Å². The van der Waals surface area contributed by atoms with Gasteiger partial charge in [-0.25, -0.2) is 0 Å². The lowest BCUT2D eigenvalue weighted by atomic mass is 9.95. The highest BCUT2D eigenvalue weighted by molar-refractivity contribution is 6.15. The molecular weight excluding hydrogens is 334 g/mol. The fourth-order valence-electron chi connectivity index (χ4n) is 3.14. The van der Waals surface area contributed by atoms with Crippen molar-refractivity contribution in [1.82, 2.24) is 4.90 Å². The summed E-state index contributed by atoms with van der Waals surface area (Å²) >= 11 is 0. The van der Waals surface area contributed by atoms with E-state index in [0.29, 0.717) is 17.9 Å². The Bertz CT molecular complexity index is 838. The van der Waals surface area contributed by atoms with Crippen molar-refractivity contribution in [2.24, 2.45) is 0 Å². The van der Waals surface area contributed by atoms with Gasteiger partial charge in [-0.15, -0.1) is 0 Å².